The molecule has 0 spiro atoms. The highest BCUT2D eigenvalue weighted by Crippen LogP contribution is 2.32. The molecule has 0 aliphatic rings. The van der Waals surface area contributed by atoms with Crippen LogP contribution in [0.3, 0.4) is 0 Å². The van der Waals surface area contributed by atoms with Crippen molar-refractivity contribution >= 4 is 29.6 Å². The van der Waals surface area contributed by atoms with Crippen molar-refractivity contribution in [3.05, 3.63) is 71.8 Å². The van der Waals surface area contributed by atoms with Crippen LogP contribution in [0.25, 0.3) is 11.1 Å². The molecule has 1 amide bonds. The van der Waals surface area contributed by atoms with Gasteiger partial charge in [-0.15, -0.1) is 0 Å². The standard InChI is InChI=1S/C38H48F3NO9/c1-2-3-4-7-10-16-30(43)17-11-8-5-6-9-12-18-31(37(51,36(49)50)25-33(44)45)34(46)42-32(35(47)48)23-26-19-21-27(22-20-26)28-14-13-15-29(24-28)38(39,40)41/h12-15,18-22,24,31-32,51H,2-11,16-17,23,25H2,1H3,(H,42,46)(H,44,45)(H,47,48)(H,49,50)/b18-12+/t31-,32+,37+/m1/s1. The lowest BCUT2D eigenvalue weighted by molar-refractivity contribution is -0.172. The summed E-state index contributed by atoms with van der Waals surface area (Å²) in [6.07, 6.45) is 5.96. The normalized spacial score (nSPS) is 14.1. The van der Waals surface area contributed by atoms with Crippen LogP contribution in [-0.2, 0) is 36.6 Å². The van der Waals surface area contributed by atoms with Crippen molar-refractivity contribution in [2.75, 3.05) is 0 Å². The van der Waals surface area contributed by atoms with Gasteiger partial charge in [0, 0.05) is 19.3 Å². The van der Waals surface area contributed by atoms with Gasteiger partial charge in [0.15, 0.2) is 5.60 Å². The fraction of sp³-hybridized carbons (Fsp3) is 0.500. The number of allylic oxidation sites excluding steroid dienone is 1. The lowest BCUT2D eigenvalue weighted by Crippen LogP contribution is -2.55. The highest BCUT2D eigenvalue weighted by molar-refractivity contribution is 5.94. The molecule has 0 fully saturated rings. The second kappa shape index (κ2) is 21.0. The summed E-state index contributed by atoms with van der Waals surface area (Å²) in [5.74, 6) is -8.14. The van der Waals surface area contributed by atoms with Gasteiger partial charge in [-0.2, -0.15) is 13.2 Å². The SMILES string of the molecule is CCCCCCCC(=O)CCCCCC/C=C/[C@H](C(=O)N[C@@H](Cc1ccc(-c2cccc(C(F)(F)F)c2)cc1)C(=O)O)[C@@](O)(CC(=O)O)C(=O)O. The first-order valence-corrected chi connectivity index (χ1v) is 17.2. The molecule has 0 bridgehead atoms. The van der Waals surface area contributed by atoms with E-state index in [0.717, 1.165) is 63.2 Å². The summed E-state index contributed by atoms with van der Waals surface area (Å²) in [5.41, 5.74) is -2.86. The third-order valence-corrected chi connectivity index (χ3v) is 8.58. The Labute approximate surface area is 295 Å². The number of unbranched alkanes of at least 4 members (excludes halogenated alkanes) is 8. The van der Waals surface area contributed by atoms with E-state index >= 15 is 0 Å². The van der Waals surface area contributed by atoms with Crippen LogP contribution in [0.4, 0.5) is 13.2 Å². The van der Waals surface area contributed by atoms with Crippen molar-refractivity contribution in [3.63, 3.8) is 0 Å². The Balaban J connectivity index is 2.07. The van der Waals surface area contributed by atoms with Crippen molar-refractivity contribution in [1.29, 1.82) is 0 Å². The summed E-state index contributed by atoms with van der Waals surface area (Å²) in [7, 11) is 0. The molecule has 0 aromatic heterocycles. The Hall–Kier alpha value is -4.52. The third-order valence-electron chi connectivity index (χ3n) is 8.58. The van der Waals surface area contributed by atoms with Gasteiger partial charge in [0.05, 0.1) is 17.9 Å². The largest absolute Gasteiger partial charge is 0.481 e. The number of benzene rings is 2. The van der Waals surface area contributed by atoms with Gasteiger partial charge in [0.1, 0.15) is 11.8 Å². The molecule has 3 atom stereocenters. The number of hydrogen-bond acceptors (Lipinski definition) is 6. The van der Waals surface area contributed by atoms with Crippen LogP contribution in [0.5, 0.6) is 0 Å². The summed E-state index contributed by atoms with van der Waals surface area (Å²) in [4.78, 5) is 61.1. The van der Waals surface area contributed by atoms with Crippen LogP contribution in [-0.4, -0.2) is 61.7 Å². The lowest BCUT2D eigenvalue weighted by atomic mass is 9.82. The monoisotopic (exact) mass is 719 g/mol. The van der Waals surface area contributed by atoms with Crippen molar-refractivity contribution in [2.24, 2.45) is 5.92 Å². The van der Waals surface area contributed by atoms with E-state index in [2.05, 4.69) is 12.2 Å². The molecular weight excluding hydrogens is 671 g/mol. The van der Waals surface area contributed by atoms with Crippen LogP contribution in [0.15, 0.2) is 60.7 Å². The average molecular weight is 720 g/mol. The molecule has 51 heavy (non-hydrogen) atoms. The van der Waals surface area contributed by atoms with Crippen LogP contribution < -0.4 is 5.32 Å². The van der Waals surface area contributed by atoms with E-state index in [1.54, 1.807) is 0 Å². The van der Waals surface area contributed by atoms with E-state index in [4.69, 9.17) is 0 Å². The summed E-state index contributed by atoms with van der Waals surface area (Å²) >= 11 is 0. The smallest absolute Gasteiger partial charge is 0.416 e. The van der Waals surface area contributed by atoms with Crippen molar-refractivity contribution in [1.82, 2.24) is 5.32 Å². The lowest BCUT2D eigenvalue weighted by Gasteiger charge is -2.29. The number of carboxylic acid groups (broad SMARTS) is 3. The number of carbonyl (C=O) groups excluding carboxylic acids is 2. The zero-order valence-corrected chi connectivity index (χ0v) is 28.8. The maximum atomic E-state index is 13.4. The van der Waals surface area contributed by atoms with Crippen LogP contribution in [0.1, 0.15) is 102 Å². The average Bonchev–Trinajstić information content (AvgIpc) is 3.06. The number of hydrogen-bond donors (Lipinski definition) is 5. The number of ketones is 1. The quantitative estimate of drug-likeness (QED) is 0.0554. The Morgan fingerprint density at radius 2 is 1.41 bits per heavy atom. The number of aliphatic carboxylic acids is 3. The maximum Gasteiger partial charge on any atom is 0.416 e. The molecule has 0 heterocycles. The minimum atomic E-state index is -4.54. The summed E-state index contributed by atoms with van der Waals surface area (Å²) in [5, 5.41) is 42.1. The van der Waals surface area contributed by atoms with Gasteiger partial charge in [-0.3, -0.25) is 14.4 Å². The van der Waals surface area contributed by atoms with Gasteiger partial charge in [-0.25, -0.2) is 9.59 Å². The molecule has 13 heteroatoms. The third kappa shape index (κ3) is 14.7. The topological polar surface area (TPSA) is 178 Å². The number of aliphatic hydroxyl groups is 1. The van der Waals surface area contributed by atoms with Crippen LogP contribution in [0.2, 0.25) is 0 Å². The molecule has 2 aromatic rings. The molecule has 2 rings (SSSR count). The maximum absolute atomic E-state index is 13.4. The molecule has 0 saturated heterocycles. The number of rotatable bonds is 24. The Bertz CT molecular complexity index is 1490. The fourth-order valence-corrected chi connectivity index (χ4v) is 5.64. The minimum absolute atomic E-state index is 0.235. The van der Waals surface area contributed by atoms with E-state index in [1.165, 1.54) is 48.9 Å². The Morgan fingerprint density at radius 1 is 0.804 bits per heavy atom. The molecular formula is C38H48F3NO9. The molecule has 0 saturated carbocycles. The number of carbonyl (C=O) groups is 5. The summed E-state index contributed by atoms with van der Waals surface area (Å²) < 4.78 is 39.4. The molecule has 2 aromatic carbocycles. The van der Waals surface area contributed by atoms with E-state index in [1.807, 2.05) is 0 Å². The predicted octanol–water partition coefficient (Wildman–Crippen LogP) is 7.22. The number of nitrogens with one attached hydrogen (secondary N) is 1. The number of halogens is 3. The van der Waals surface area contributed by atoms with Crippen LogP contribution in [0, 0.1) is 5.92 Å². The molecule has 0 aliphatic carbocycles. The van der Waals surface area contributed by atoms with Gasteiger partial charge in [-0.05, 0) is 54.5 Å². The van der Waals surface area contributed by atoms with E-state index in [9.17, 15) is 57.6 Å². The highest BCUT2D eigenvalue weighted by Gasteiger charge is 2.49. The van der Waals surface area contributed by atoms with Gasteiger partial charge in [0.25, 0.3) is 0 Å². The number of carboxylic acids is 3. The Kier molecular flexibility index (Phi) is 17.5. The molecule has 0 unspecified atom stereocenters. The minimum Gasteiger partial charge on any atom is -0.481 e. The first-order chi connectivity index (χ1) is 24.1. The van der Waals surface area contributed by atoms with Gasteiger partial charge in [0.2, 0.25) is 5.91 Å². The fourth-order valence-electron chi connectivity index (χ4n) is 5.64. The number of amides is 1. The second-order valence-corrected chi connectivity index (χ2v) is 12.7. The van der Waals surface area contributed by atoms with Crippen molar-refractivity contribution < 1.29 is 57.6 Å². The van der Waals surface area contributed by atoms with Gasteiger partial charge in [-0.1, -0.05) is 94.0 Å². The molecule has 280 valence electrons. The number of Topliss-reactive ketones (excluding diaryl/α,β-unsaturated/α-hetero) is 1. The summed E-state index contributed by atoms with van der Waals surface area (Å²) in [6, 6.07) is 8.94. The number of alkyl halides is 3. The Morgan fingerprint density at radius 3 is 1.96 bits per heavy atom. The zero-order valence-electron chi connectivity index (χ0n) is 28.8. The highest BCUT2D eigenvalue weighted by atomic mass is 19.4. The zero-order chi connectivity index (χ0) is 38.0. The molecule has 0 aliphatic heterocycles. The first kappa shape index (κ1) is 42.6. The first-order valence-electron chi connectivity index (χ1n) is 17.2. The summed E-state index contributed by atoms with van der Waals surface area (Å²) in [6.45, 7) is 2.13. The second-order valence-electron chi connectivity index (χ2n) is 12.7. The molecule has 5 N–H and O–H groups in total. The molecule has 10 nitrogen and oxygen atoms in total. The molecule has 0 radical (unpaired) electrons. The van der Waals surface area contributed by atoms with Crippen molar-refractivity contribution in [2.45, 2.75) is 115 Å². The van der Waals surface area contributed by atoms with Crippen molar-refractivity contribution in [3.8, 4) is 11.1 Å². The van der Waals surface area contributed by atoms with Gasteiger partial charge < -0.3 is 25.7 Å². The van der Waals surface area contributed by atoms with E-state index in [-0.39, 0.29) is 17.8 Å². The van der Waals surface area contributed by atoms with E-state index in [0.29, 0.717) is 36.8 Å². The van der Waals surface area contributed by atoms with E-state index < -0.39 is 59.5 Å². The van der Waals surface area contributed by atoms with Crippen LogP contribution >= 0.6 is 0 Å². The van der Waals surface area contributed by atoms with Gasteiger partial charge >= 0.3 is 24.1 Å². The predicted molar refractivity (Wildman–Crippen MR) is 184 cm³/mol.